The van der Waals surface area contributed by atoms with E-state index in [-0.39, 0.29) is 17.9 Å². The first-order valence-electron chi connectivity index (χ1n) is 8.24. The van der Waals surface area contributed by atoms with Gasteiger partial charge in [0.25, 0.3) is 5.91 Å². The van der Waals surface area contributed by atoms with Crippen molar-refractivity contribution in [3.05, 3.63) is 81.4 Å². The molecule has 134 valence electrons. The molecule has 0 atom stereocenters. The van der Waals surface area contributed by atoms with E-state index in [1.807, 2.05) is 18.2 Å². The Balaban J connectivity index is 1.54. The van der Waals surface area contributed by atoms with Gasteiger partial charge in [-0.25, -0.2) is 0 Å². The molecule has 0 aliphatic rings. The lowest BCUT2D eigenvalue weighted by molar-refractivity contribution is -0.118. The number of para-hydroxylation sites is 1. The lowest BCUT2D eigenvalue weighted by Crippen LogP contribution is -2.20. The number of rotatable bonds is 4. The Bertz CT molecular complexity index is 1220. The molecular formula is C21H14BrNO4. The van der Waals surface area contributed by atoms with Gasteiger partial charge >= 0.3 is 0 Å². The molecule has 0 fully saturated rings. The van der Waals surface area contributed by atoms with E-state index in [0.717, 1.165) is 4.47 Å². The van der Waals surface area contributed by atoms with Crippen molar-refractivity contribution in [3.8, 4) is 5.75 Å². The summed E-state index contributed by atoms with van der Waals surface area (Å²) < 4.78 is 12.1. The molecule has 0 bridgehead atoms. The molecule has 0 saturated carbocycles. The van der Waals surface area contributed by atoms with Gasteiger partial charge in [0.1, 0.15) is 16.9 Å². The maximum absolute atomic E-state index is 12.5. The van der Waals surface area contributed by atoms with E-state index >= 15 is 0 Å². The minimum absolute atomic E-state index is 0.0947. The van der Waals surface area contributed by atoms with E-state index in [1.165, 1.54) is 0 Å². The third-order valence-electron chi connectivity index (χ3n) is 4.03. The topological polar surface area (TPSA) is 68.5 Å². The zero-order valence-corrected chi connectivity index (χ0v) is 15.7. The molecule has 4 rings (SSSR count). The molecule has 1 aromatic heterocycles. The number of halogens is 1. The molecule has 0 spiro atoms. The lowest BCUT2D eigenvalue weighted by atomic mass is 10.1. The van der Waals surface area contributed by atoms with Gasteiger partial charge in [0, 0.05) is 16.2 Å². The molecule has 5 nitrogen and oxygen atoms in total. The standard InChI is InChI=1S/C21H14BrNO4/c22-13-4-3-5-15(10-13)26-12-20(24)23-14-8-9-17-19(11-14)27-18-7-2-1-6-16(18)21(17)25/h1-11H,12H2,(H,23,24). The first kappa shape index (κ1) is 17.3. The summed E-state index contributed by atoms with van der Waals surface area (Å²) in [4.78, 5) is 24.7. The minimum Gasteiger partial charge on any atom is -0.484 e. The average molecular weight is 424 g/mol. The van der Waals surface area contributed by atoms with E-state index in [2.05, 4.69) is 21.2 Å². The fourth-order valence-electron chi connectivity index (χ4n) is 2.78. The number of amides is 1. The number of nitrogens with one attached hydrogen (secondary N) is 1. The van der Waals surface area contributed by atoms with Crippen LogP contribution in [-0.4, -0.2) is 12.5 Å². The van der Waals surface area contributed by atoms with E-state index in [4.69, 9.17) is 9.15 Å². The van der Waals surface area contributed by atoms with Crippen LogP contribution in [0.3, 0.4) is 0 Å². The number of hydrogen-bond acceptors (Lipinski definition) is 4. The van der Waals surface area contributed by atoms with Crippen LogP contribution in [0.25, 0.3) is 21.9 Å². The van der Waals surface area contributed by atoms with Crippen LogP contribution >= 0.6 is 15.9 Å². The first-order chi connectivity index (χ1) is 13.1. The van der Waals surface area contributed by atoms with Crippen molar-refractivity contribution in [2.75, 3.05) is 11.9 Å². The van der Waals surface area contributed by atoms with Gasteiger partial charge in [-0.3, -0.25) is 9.59 Å². The zero-order chi connectivity index (χ0) is 18.8. The normalized spacial score (nSPS) is 10.9. The van der Waals surface area contributed by atoms with Crippen LogP contribution in [-0.2, 0) is 4.79 Å². The van der Waals surface area contributed by atoms with Crippen LogP contribution in [0.2, 0.25) is 0 Å². The largest absolute Gasteiger partial charge is 0.484 e. The average Bonchev–Trinajstić information content (AvgIpc) is 2.66. The molecule has 0 aliphatic carbocycles. The van der Waals surface area contributed by atoms with E-state index in [0.29, 0.717) is 33.4 Å². The van der Waals surface area contributed by atoms with Crippen LogP contribution in [0.4, 0.5) is 5.69 Å². The van der Waals surface area contributed by atoms with Crippen molar-refractivity contribution in [3.63, 3.8) is 0 Å². The van der Waals surface area contributed by atoms with Gasteiger partial charge in [-0.2, -0.15) is 0 Å². The van der Waals surface area contributed by atoms with E-state index < -0.39 is 0 Å². The maximum atomic E-state index is 12.5. The molecule has 0 aliphatic heterocycles. The van der Waals surface area contributed by atoms with E-state index in [9.17, 15) is 9.59 Å². The molecule has 3 aromatic carbocycles. The third-order valence-corrected chi connectivity index (χ3v) is 4.52. The molecule has 1 heterocycles. The van der Waals surface area contributed by atoms with Crippen molar-refractivity contribution < 1.29 is 13.9 Å². The van der Waals surface area contributed by atoms with Crippen LogP contribution in [0.15, 0.2) is 80.4 Å². The summed E-state index contributed by atoms with van der Waals surface area (Å²) in [5.41, 5.74) is 1.37. The smallest absolute Gasteiger partial charge is 0.262 e. The molecule has 0 unspecified atom stereocenters. The number of anilines is 1. The van der Waals surface area contributed by atoms with E-state index in [1.54, 1.807) is 48.5 Å². The summed E-state index contributed by atoms with van der Waals surface area (Å²) in [7, 11) is 0. The van der Waals surface area contributed by atoms with Crippen molar-refractivity contribution in [1.82, 2.24) is 0 Å². The number of hydrogen-bond donors (Lipinski definition) is 1. The monoisotopic (exact) mass is 423 g/mol. The Morgan fingerprint density at radius 1 is 0.963 bits per heavy atom. The first-order valence-corrected chi connectivity index (χ1v) is 9.03. The van der Waals surface area contributed by atoms with Crippen LogP contribution in [0, 0.1) is 0 Å². The van der Waals surface area contributed by atoms with Crippen LogP contribution in [0.5, 0.6) is 5.75 Å². The quantitative estimate of drug-likeness (QED) is 0.481. The number of ether oxygens (including phenoxy) is 1. The zero-order valence-electron chi connectivity index (χ0n) is 14.1. The molecule has 27 heavy (non-hydrogen) atoms. The van der Waals surface area contributed by atoms with Gasteiger partial charge in [-0.05, 0) is 42.5 Å². The van der Waals surface area contributed by atoms with Crippen molar-refractivity contribution in [1.29, 1.82) is 0 Å². The number of carbonyl (C=O) groups excluding carboxylic acids is 1. The fraction of sp³-hybridized carbons (Fsp3) is 0.0476. The third kappa shape index (κ3) is 3.71. The van der Waals surface area contributed by atoms with Gasteiger partial charge in [-0.1, -0.05) is 34.1 Å². The highest BCUT2D eigenvalue weighted by Gasteiger charge is 2.10. The number of carbonyl (C=O) groups is 1. The molecule has 1 amide bonds. The van der Waals surface area contributed by atoms with Gasteiger partial charge in [0.15, 0.2) is 6.61 Å². The Hall–Kier alpha value is -3.12. The SMILES string of the molecule is O=C(COc1cccc(Br)c1)Nc1ccc2c(=O)c3ccccc3oc2c1. The molecular weight excluding hydrogens is 410 g/mol. The summed E-state index contributed by atoms with van der Waals surface area (Å²) in [6.07, 6.45) is 0. The Labute approximate surface area is 162 Å². The van der Waals surface area contributed by atoms with Crippen LogP contribution in [0.1, 0.15) is 0 Å². The molecule has 0 saturated heterocycles. The molecule has 4 aromatic rings. The molecule has 0 radical (unpaired) electrons. The predicted molar refractivity (Wildman–Crippen MR) is 108 cm³/mol. The highest BCUT2D eigenvalue weighted by atomic mass is 79.9. The van der Waals surface area contributed by atoms with Gasteiger partial charge in [0.05, 0.1) is 10.8 Å². The lowest BCUT2D eigenvalue weighted by Gasteiger charge is -2.08. The second kappa shape index (κ2) is 7.25. The van der Waals surface area contributed by atoms with Crippen molar-refractivity contribution in [2.24, 2.45) is 0 Å². The summed E-state index contributed by atoms with van der Waals surface area (Å²) >= 11 is 3.35. The maximum Gasteiger partial charge on any atom is 0.262 e. The summed E-state index contributed by atoms with van der Waals surface area (Å²) in [6.45, 7) is -0.129. The van der Waals surface area contributed by atoms with Gasteiger partial charge in [0.2, 0.25) is 5.43 Å². The fourth-order valence-corrected chi connectivity index (χ4v) is 3.16. The minimum atomic E-state index is -0.308. The second-order valence-corrected chi connectivity index (χ2v) is 6.85. The summed E-state index contributed by atoms with van der Waals surface area (Å²) in [5.74, 6) is 0.285. The highest BCUT2D eigenvalue weighted by molar-refractivity contribution is 9.10. The van der Waals surface area contributed by atoms with Gasteiger partial charge in [-0.15, -0.1) is 0 Å². The molecule has 1 N–H and O–H groups in total. The van der Waals surface area contributed by atoms with Crippen LogP contribution < -0.4 is 15.5 Å². The number of fused-ring (bicyclic) bond motifs is 2. The molecule has 6 heteroatoms. The van der Waals surface area contributed by atoms with Crippen molar-refractivity contribution in [2.45, 2.75) is 0 Å². The summed E-state index contributed by atoms with van der Waals surface area (Å²) in [6, 6.07) is 19.3. The Kier molecular flexibility index (Phi) is 4.64. The predicted octanol–water partition coefficient (Wildman–Crippen LogP) is 4.73. The number of benzene rings is 3. The Morgan fingerprint density at radius 3 is 2.63 bits per heavy atom. The van der Waals surface area contributed by atoms with Gasteiger partial charge < -0.3 is 14.5 Å². The Morgan fingerprint density at radius 2 is 1.78 bits per heavy atom. The highest BCUT2D eigenvalue weighted by Crippen LogP contribution is 2.22. The second-order valence-electron chi connectivity index (χ2n) is 5.93. The summed E-state index contributed by atoms with van der Waals surface area (Å²) in [5, 5.41) is 3.75. The van der Waals surface area contributed by atoms with Crippen molar-refractivity contribution >= 4 is 49.5 Å².